The Balaban J connectivity index is 2.18. The molecule has 0 aliphatic heterocycles. The van der Waals surface area contributed by atoms with Crippen molar-refractivity contribution in [3.63, 3.8) is 0 Å². The number of benzene rings is 2. The van der Waals surface area contributed by atoms with E-state index >= 15 is 0 Å². The summed E-state index contributed by atoms with van der Waals surface area (Å²) in [6.07, 6.45) is 0.656. The second-order valence-corrected chi connectivity index (χ2v) is 4.73. The monoisotopic (exact) mass is 271 g/mol. The van der Waals surface area contributed by atoms with Gasteiger partial charge in [0, 0.05) is 5.02 Å². The molecule has 0 aliphatic rings. The van der Waals surface area contributed by atoms with Crippen molar-refractivity contribution >= 4 is 11.6 Å². The van der Waals surface area contributed by atoms with Crippen molar-refractivity contribution < 1.29 is 4.74 Å². The van der Waals surface area contributed by atoms with Gasteiger partial charge in [-0.05, 0) is 41.8 Å². The van der Waals surface area contributed by atoms with E-state index in [0.29, 0.717) is 11.4 Å². The Morgan fingerprint density at radius 1 is 1.21 bits per heavy atom. The molecule has 0 aromatic heterocycles. The summed E-state index contributed by atoms with van der Waals surface area (Å²) < 4.78 is 5.12. The van der Waals surface area contributed by atoms with Crippen LogP contribution in [-0.2, 0) is 6.42 Å². The summed E-state index contributed by atoms with van der Waals surface area (Å²) in [5.74, 6) is 0.618. The van der Waals surface area contributed by atoms with Crippen LogP contribution in [0.5, 0.6) is 5.75 Å². The van der Waals surface area contributed by atoms with Crippen molar-refractivity contribution in [3.05, 3.63) is 64.7 Å². The van der Waals surface area contributed by atoms with E-state index in [2.05, 4.69) is 6.07 Å². The smallest absolute Gasteiger partial charge is 0.118 e. The fourth-order valence-electron chi connectivity index (χ4n) is 1.97. The van der Waals surface area contributed by atoms with E-state index in [9.17, 15) is 5.26 Å². The topological polar surface area (TPSA) is 33.0 Å². The van der Waals surface area contributed by atoms with Crippen LogP contribution in [0.25, 0.3) is 0 Å². The van der Waals surface area contributed by atoms with Gasteiger partial charge < -0.3 is 4.74 Å². The Morgan fingerprint density at radius 3 is 2.53 bits per heavy atom. The van der Waals surface area contributed by atoms with Gasteiger partial charge in [-0.3, -0.25) is 0 Å². The van der Waals surface area contributed by atoms with Crippen LogP contribution in [0.2, 0.25) is 5.02 Å². The lowest BCUT2D eigenvalue weighted by atomic mass is 9.93. The summed E-state index contributed by atoms with van der Waals surface area (Å²) in [5, 5.41) is 10.0. The first-order chi connectivity index (χ1) is 9.22. The van der Waals surface area contributed by atoms with Crippen LogP contribution in [0.4, 0.5) is 0 Å². The molecule has 0 saturated heterocycles. The molecule has 0 fully saturated rings. The Labute approximate surface area is 118 Å². The second kappa shape index (κ2) is 6.26. The van der Waals surface area contributed by atoms with Crippen LogP contribution < -0.4 is 4.74 Å². The van der Waals surface area contributed by atoms with Gasteiger partial charge in [0.25, 0.3) is 0 Å². The van der Waals surface area contributed by atoms with E-state index in [1.54, 1.807) is 7.11 Å². The zero-order valence-electron chi connectivity index (χ0n) is 10.6. The van der Waals surface area contributed by atoms with Gasteiger partial charge >= 0.3 is 0 Å². The Bertz CT molecular complexity index is 586. The van der Waals surface area contributed by atoms with Crippen molar-refractivity contribution in [3.8, 4) is 11.8 Å². The minimum Gasteiger partial charge on any atom is -0.497 e. The SMILES string of the molecule is COc1ccc(C(C#N)Cc2cccc(Cl)c2)cc1. The molecule has 0 spiro atoms. The van der Waals surface area contributed by atoms with Gasteiger partial charge in [0.15, 0.2) is 0 Å². The van der Waals surface area contributed by atoms with E-state index in [4.69, 9.17) is 16.3 Å². The highest BCUT2D eigenvalue weighted by Crippen LogP contribution is 2.23. The molecule has 0 radical (unpaired) electrons. The maximum atomic E-state index is 9.32. The van der Waals surface area contributed by atoms with Crippen LogP contribution in [0.1, 0.15) is 17.0 Å². The number of methoxy groups -OCH3 is 1. The minimum absolute atomic E-state index is 0.177. The third kappa shape index (κ3) is 3.49. The largest absolute Gasteiger partial charge is 0.497 e. The van der Waals surface area contributed by atoms with E-state index in [1.165, 1.54) is 0 Å². The lowest BCUT2D eigenvalue weighted by Crippen LogP contribution is -2.00. The van der Waals surface area contributed by atoms with Crippen LogP contribution >= 0.6 is 11.6 Å². The highest BCUT2D eigenvalue weighted by atomic mass is 35.5. The maximum absolute atomic E-state index is 9.32. The normalized spacial score (nSPS) is 11.6. The first-order valence-corrected chi connectivity index (χ1v) is 6.38. The molecule has 1 atom stereocenters. The molecule has 0 aliphatic carbocycles. The fraction of sp³-hybridized carbons (Fsp3) is 0.188. The van der Waals surface area contributed by atoms with Crippen molar-refractivity contribution in [1.82, 2.24) is 0 Å². The Morgan fingerprint density at radius 2 is 1.95 bits per heavy atom. The van der Waals surface area contributed by atoms with E-state index in [1.807, 2.05) is 48.5 Å². The lowest BCUT2D eigenvalue weighted by Gasteiger charge is -2.10. The van der Waals surface area contributed by atoms with Crippen LogP contribution in [0, 0.1) is 11.3 Å². The molecule has 0 bridgehead atoms. The number of halogens is 1. The average molecular weight is 272 g/mol. The predicted octanol–water partition coefficient (Wildman–Crippen LogP) is 4.20. The zero-order valence-corrected chi connectivity index (χ0v) is 11.4. The van der Waals surface area contributed by atoms with E-state index < -0.39 is 0 Å². The summed E-state index contributed by atoms with van der Waals surface area (Å²) in [7, 11) is 1.63. The number of nitriles is 1. The molecule has 2 rings (SSSR count). The minimum atomic E-state index is -0.177. The molecule has 0 N–H and O–H groups in total. The molecule has 19 heavy (non-hydrogen) atoms. The first-order valence-electron chi connectivity index (χ1n) is 6.01. The molecular formula is C16H14ClNO. The molecule has 2 aromatic carbocycles. The predicted molar refractivity (Wildman–Crippen MR) is 76.5 cm³/mol. The highest BCUT2D eigenvalue weighted by molar-refractivity contribution is 6.30. The quantitative estimate of drug-likeness (QED) is 0.835. The summed E-state index contributed by atoms with van der Waals surface area (Å²) in [5.41, 5.74) is 2.05. The van der Waals surface area contributed by atoms with Gasteiger partial charge in [0.2, 0.25) is 0 Å². The van der Waals surface area contributed by atoms with Crippen molar-refractivity contribution in [1.29, 1.82) is 5.26 Å². The lowest BCUT2D eigenvalue weighted by molar-refractivity contribution is 0.414. The molecule has 0 heterocycles. The third-order valence-corrected chi connectivity index (χ3v) is 3.24. The number of nitrogens with zero attached hydrogens (tertiary/aromatic N) is 1. The molecule has 2 aromatic rings. The molecule has 0 amide bonds. The van der Waals surface area contributed by atoms with Crippen molar-refractivity contribution in [2.24, 2.45) is 0 Å². The summed E-state index contributed by atoms with van der Waals surface area (Å²) in [4.78, 5) is 0. The van der Waals surface area contributed by atoms with Crippen LogP contribution in [0.15, 0.2) is 48.5 Å². The Kier molecular flexibility index (Phi) is 4.43. The van der Waals surface area contributed by atoms with Crippen molar-refractivity contribution in [2.45, 2.75) is 12.3 Å². The summed E-state index contributed by atoms with van der Waals surface area (Å²) in [6, 6.07) is 17.6. The second-order valence-electron chi connectivity index (χ2n) is 4.29. The molecule has 0 saturated carbocycles. The molecule has 1 unspecified atom stereocenters. The fourth-order valence-corrected chi connectivity index (χ4v) is 2.19. The molecule has 96 valence electrons. The highest BCUT2D eigenvalue weighted by Gasteiger charge is 2.11. The van der Waals surface area contributed by atoms with Gasteiger partial charge in [0.05, 0.1) is 19.1 Å². The van der Waals surface area contributed by atoms with E-state index in [0.717, 1.165) is 16.9 Å². The van der Waals surface area contributed by atoms with Gasteiger partial charge in [-0.25, -0.2) is 0 Å². The maximum Gasteiger partial charge on any atom is 0.118 e. The first kappa shape index (κ1) is 13.5. The van der Waals surface area contributed by atoms with Crippen LogP contribution in [0.3, 0.4) is 0 Å². The average Bonchev–Trinajstić information content (AvgIpc) is 2.45. The Hall–Kier alpha value is -1.98. The van der Waals surface area contributed by atoms with Gasteiger partial charge in [-0.2, -0.15) is 5.26 Å². The van der Waals surface area contributed by atoms with Crippen LogP contribution in [-0.4, -0.2) is 7.11 Å². The molecular weight excluding hydrogens is 258 g/mol. The number of hydrogen-bond donors (Lipinski definition) is 0. The zero-order chi connectivity index (χ0) is 13.7. The van der Waals surface area contributed by atoms with Gasteiger partial charge in [-0.15, -0.1) is 0 Å². The standard InChI is InChI=1S/C16H14ClNO/c1-19-16-7-5-13(6-8-16)14(11-18)9-12-3-2-4-15(17)10-12/h2-8,10,14H,9H2,1H3. The number of ether oxygens (including phenoxy) is 1. The van der Waals surface area contributed by atoms with Crippen molar-refractivity contribution in [2.75, 3.05) is 7.11 Å². The van der Waals surface area contributed by atoms with E-state index in [-0.39, 0.29) is 5.92 Å². The molecule has 3 heteroatoms. The van der Waals surface area contributed by atoms with Gasteiger partial charge in [0.1, 0.15) is 5.75 Å². The molecule has 2 nitrogen and oxygen atoms in total. The number of hydrogen-bond acceptors (Lipinski definition) is 2. The third-order valence-electron chi connectivity index (χ3n) is 3.00. The number of rotatable bonds is 4. The summed E-state index contributed by atoms with van der Waals surface area (Å²) in [6.45, 7) is 0. The summed E-state index contributed by atoms with van der Waals surface area (Å²) >= 11 is 5.96. The van der Waals surface area contributed by atoms with Gasteiger partial charge in [-0.1, -0.05) is 35.9 Å².